The number of nitrogens with zero attached hydrogens (tertiary/aromatic N) is 3. The van der Waals surface area contributed by atoms with Crippen LogP contribution < -0.4 is 10.6 Å². The van der Waals surface area contributed by atoms with Crippen molar-refractivity contribution in [1.29, 1.82) is 0 Å². The van der Waals surface area contributed by atoms with Crippen molar-refractivity contribution >= 4 is 17.7 Å². The van der Waals surface area contributed by atoms with Crippen molar-refractivity contribution in [3.8, 4) is 0 Å². The first-order chi connectivity index (χ1) is 17.3. The van der Waals surface area contributed by atoms with E-state index in [4.69, 9.17) is 0 Å². The van der Waals surface area contributed by atoms with E-state index in [0.717, 1.165) is 11.1 Å². The highest BCUT2D eigenvalue weighted by Gasteiger charge is 2.48. The molecule has 0 aliphatic carbocycles. The van der Waals surface area contributed by atoms with E-state index in [9.17, 15) is 18.8 Å². The summed E-state index contributed by atoms with van der Waals surface area (Å²) in [7, 11) is 0. The first-order valence-corrected chi connectivity index (χ1v) is 12.1. The van der Waals surface area contributed by atoms with Gasteiger partial charge >= 0.3 is 0 Å². The Hall–Kier alpha value is -4.01. The van der Waals surface area contributed by atoms with Gasteiger partial charge in [0.05, 0.1) is 12.9 Å². The summed E-state index contributed by atoms with van der Waals surface area (Å²) < 4.78 is 14.8. The van der Waals surface area contributed by atoms with Crippen LogP contribution in [-0.4, -0.2) is 50.8 Å². The maximum absolute atomic E-state index is 13.6. The van der Waals surface area contributed by atoms with Crippen LogP contribution in [0.1, 0.15) is 52.4 Å². The second-order valence-corrected chi connectivity index (χ2v) is 9.10. The smallest absolute Gasteiger partial charge is 0.273 e. The number of nitrogens with one attached hydrogen (secondary N) is 2. The first kappa shape index (κ1) is 25.1. The van der Waals surface area contributed by atoms with Gasteiger partial charge < -0.3 is 20.1 Å². The molecule has 2 N–H and O–H groups in total. The molecule has 1 atom stereocenters. The van der Waals surface area contributed by atoms with Gasteiger partial charge in [0.15, 0.2) is 5.69 Å². The molecular weight excluding hydrogens is 461 g/mol. The Bertz CT molecular complexity index is 1240. The average Bonchev–Trinajstić information content (AvgIpc) is 3.30. The molecule has 1 aromatic heterocycles. The summed E-state index contributed by atoms with van der Waals surface area (Å²) in [5.41, 5.74) is 0.905. The number of amides is 3. The molecule has 0 saturated heterocycles. The van der Waals surface area contributed by atoms with Crippen molar-refractivity contribution < 1.29 is 18.8 Å². The normalized spacial score (nSPS) is 17.0. The molecule has 1 aliphatic rings. The van der Waals surface area contributed by atoms with Gasteiger partial charge in [-0.3, -0.25) is 14.4 Å². The largest absolute Gasteiger partial charge is 0.350 e. The molecule has 0 fully saturated rings. The van der Waals surface area contributed by atoms with Crippen molar-refractivity contribution in [3.05, 3.63) is 89.3 Å². The molecule has 0 unspecified atom stereocenters. The number of hydrogen-bond acceptors (Lipinski definition) is 4. The third-order valence-corrected chi connectivity index (χ3v) is 6.42. The van der Waals surface area contributed by atoms with Crippen molar-refractivity contribution in [2.24, 2.45) is 0 Å². The van der Waals surface area contributed by atoms with Crippen LogP contribution >= 0.6 is 0 Å². The fraction of sp³-hybridized carbons (Fsp3) is 0.333. The Morgan fingerprint density at radius 3 is 2.47 bits per heavy atom. The fourth-order valence-corrected chi connectivity index (χ4v) is 4.45. The monoisotopic (exact) mass is 491 g/mol. The summed E-state index contributed by atoms with van der Waals surface area (Å²) in [6, 6.07) is 15.7. The lowest BCUT2D eigenvalue weighted by molar-refractivity contribution is -0.133. The molecule has 3 amide bonds. The van der Waals surface area contributed by atoms with Crippen LogP contribution in [-0.2, 0) is 24.3 Å². The highest BCUT2D eigenvalue weighted by Crippen LogP contribution is 2.29. The van der Waals surface area contributed by atoms with Crippen molar-refractivity contribution in [3.63, 3.8) is 0 Å². The number of rotatable bonds is 9. The summed E-state index contributed by atoms with van der Waals surface area (Å²) in [5, 5.41) is 5.72. The Morgan fingerprint density at radius 2 is 1.78 bits per heavy atom. The van der Waals surface area contributed by atoms with Crippen molar-refractivity contribution in [2.45, 2.75) is 45.3 Å². The zero-order valence-corrected chi connectivity index (χ0v) is 20.5. The maximum atomic E-state index is 13.6. The minimum atomic E-state index is -1.18. The summed E-state index contributed by atoms with van der Waals surface area (Å²) >= 11 is 0. The number of aromatic nitrogens is 2. The molecule has 36 heavy (non-hydrogen) atoms. The molecule has 4 rings (SSSR count). The molecule has 2 aromatic carbocycles. The molecule has 0 radical (unpaired) electrons. The zero-order chi connectivity index (χ0) is 25.7. The number of hydrogen-bond donors (Lipinski definition) is 2. The van der Waals surface area contributed by atoms with Gasteiger partial charge in [-0.25, -0.2) is 9.37 Å². The van der Waals surface area contributed by atoms with Gasteiger partial charge in [0.25, 0.3) is 11.8 Å². The van der Waals surface area contributed by atoms with Gasteiger partial charge in [0, 0.05) is 19.6 Å². The second-order valence-electron chi connectivity index (χ2n) is 9.10. The number of carbonyl (C=O) groups is 3. The van der Waals surface area contributed by atoms with Crippen LogP contribution in [0.3, 0.4) is 0 Å². The van der Waals surface area contributed by atoms with E-state index in [1.165, 1.54) is 23.4 Å². The molecule has 1 aliphatic heterocycles. The van der Waals surface area contributed by atoms with Crippen molar-refractivity contribution in [2.75, 3.05) is 13.1 Å². The Morgan fingerprint density at radius 1 is 1.06 bits per heavy atom. The molecule has 0 bridgehead atoms. The lowest BCUT2D eigenvalue weighted by Gasteiger charge is -2.43. The minimum Gasteiger partial charge on any atom is -0.350 e. The van der Waals surface area contributed by atoms with E-state index in [0.29, 0.717) is 25.9 Å². The predicted octanol–water partition coefficient (Wildman–Crippen LogP) is 2.94. The van der Waals surface area contributed by atoms with E-state index in [1.807, 2.05) is 37.3 Å². The summed E-state index contributed by atoms with van der Waals surface area (Å²) in [6.45, 7) is 4.75. The SMILES string of the molecule is CCCN1C(=O)c2c(C(=O)NCCc3ccccc3)ncn2C[C@@]1(C)C(=O)NCc1ccc(F)cc1. The Balaban J connectivity index is 1.49. The van der Waals surface area contributed by atoms with Crippen molar-refractivity contribution in [1.82, 2.24) is 25.1 Å². The molecule has 0 saturated carbocycles. The number of fused-ring (bicyclic) bond motifs is 1. The van der Waals surface area contributed by atoms with E-state index in [-0.39, 0.29) is 36.2 Å². The average molecular weight is 492 g/mol. The van der Waals surface area contributed by atoms with Crippen LogP contribution in [0.25, 0.3) is 0 Å². The summed E-state index contributed by atoms with van der Waals surface area (Å²) in [5.74, 6) is -1.51. The van der Waals surface area contributed by atoms with Gasteiger partial charge in [-0.2, -0.15) is 0 Å². The highest BCUT2D eigenvalue weighted by molar-refractivity contribution is 6.07. The van der Waals surface area contributed by atoms with Crippen LogP contribution in [0, 0.1) is 5.82 Å². The van der Waals surface area contributed by atoms with Crippen LogP contribution in [0.4, 0.5) is 4.39 Å². The van der Waals surface area contributed by atoms with Gasteiger partial charge in [0.2, 0.25) is 5.91 Å². The van der Waals surface area contributed by atoms with E-state index >= 15 is 0 Å². The number of carbonyl (C=O) groups excluding carboxylic acids is 3. The molecule has 188 valence electrons. The molecular formula is C27H30FN5O3. The number of benzene rings is 2. The third-order valence-electron chi connectivity index (χ3n) is 6.42. The quantitative estimate of drug-likeness (QED) is 0.481. The van der Waals surface area contributed by atoms with Crippen LogP contribution in [0.15, 0.2) is 60.9 Å². The highest BCUT2D eigenvalue weighted by atomic mass is 19.1. The summed E-state index contributed by atoms with van der Waals surface area (Å²) in [6.07, 6.45) is 2.73. The van der Waals surface area contributed by atoms with Gasteiger partial charge in [-0.1, -0.05) is 49.4 Å². The first-order valence-electron chi connectivity index (χ1n) is 12.1. The lowest BCUT2D eigenvalue weighted by atomic mass is 9.94. The predicted molar refractivity (Wildman–Crippen MR) is 133 cm³/mol. The van der Waals surface area contributed by atoms with E-state index in [1.54, 1.807) is 23.6 Å². The molecule has 9 heteroatoms. The molecule has 3 aromatic rings. The number of halogens is 1. The van der Waals surface area contributed by atoms with E-state index in [2.05, 4.69) is 15.6 Å². The second kappa shape index (κ2) is 10.7. The third kappa shape index (κ3) is 5.15. The van der Waals surface area contributed by atoms with E-state index < -0.39 is 17.4 Å². The van der Waals surface area contributed by atoms with Gasteiger partial charge in [-0.15, -0.1) is 0 Å². The fourth-order valence-electron chi connectivity index (χ4n) is 4.45. The van der Waals surface area contributed by atoms with Crippen LogP contribution in [0.2, 0.25) is 0 Å². The Kier molecular flexibility index (Phi) is 7.47. The van der Waals surface area contributed by atoms with Crippen LogP contribution in [0.5, 0.6) is 0 Å². The molecule has 0 spiro atoms. The maximum Gasteiger partial charge on any atom is 0.273 e. The lowest BCUT2D eigenvalue weighted by Crippen LogP contribution is -2.64. The molecule has 8 nitrogen and oxygen atoms in total. The topological polar surface area (TPSA) is 96.3 Å². The molecule has 2 heterocycles. The van der Waals surface area contributed by atoms with Gasteiger partial charge in [-0.05, 0) is 43.0 Å². The standard InChI is InChI=1S/C27H30FN5O3/c1-3-15-33-25(35)23-22(24(34)29-14-13-19-7-5-4-6-8-19)31-18-32(23)17-27(33,2)26(36)30-16-20-9-11-21(28)12-10-20/h4-12,18H,3,13-17H2,1-2H3,(H,29,34)(H,30,36)/t27-/m0/s1. The summed E-state index contributed by atoms with van der Waals surface area (Å²) in [4.78, 5) is 45.6. The minimum absolute atomic E-state index is 0.0583. The van der Waals surface area contributed by atoms with Gasteiger partial charge in [0.1, 0.15) is 17.1 Å². The zero-order valence-electron chi connectivity index (χ0n) is 20.5. The Labute approximate surface area is 209 Å². The number of imidazole rings is 1.